The van der Waals surface area contributed by atoms with Crippen LogP contribution in [0.3, 0.4) is 0 Å². The summed E-state index contributed by atoms with van der Waals surface area (Å²) >= 11 is 0. The van der Waals surface area contributed by atoms with Gasteiger partial charge in [0, 0.05) is 18.7 Å². The first-order valence-electron chi connectivity index (χ1n) is 4.15. The average molecular weight is 166 g/mol. The van der Waals surface area contributed by atoms with E-state index in [1.165, 1.54) is 0 Å². The first-order chi connectivity index (χ1) is 5.74. The molecule has 0 bridgehead atoms. The molecule has 1 aliphatic rings. The molecule has 3 nitrogen and oxygen atoms in total. The van der Waals surface area contributed by atoms with Crippen LogP contribution in [0.4, 0.5) is 0 Å². The van der Waals surface area contributed by atoms with Crippen LogP contribution < -0.4 is 5.73 Å². The zero-order valence-electron chi connectivity index (χ0n) is 7.29. The van der Waals surface area contributed by atoms with Crippen molar-refractivity contribution in [2.45, 2.75) is 13.3 Å². The molecule has 66 valence electrons. The Kier molecular flexibility index (Phi) is 2.91. The molecule has 1 amide bonds. The lowest BCUT2D eigenvalue weighted by atomic mass is 10.2. The van der Waals surface area contributed by atoms with Gasteiger partial charge in [0.25, 0.3) is 0 Å². The molecule has 0 spiro atoms. The highest BCUT2D eigenvalue weighted by Crippen LogP contribution is 2.06. The highest BCUT2D eigenvalue weighted by molar-refractivity contribution is 5.92. The van der Waals surface area contributed by atoms with Crippen LogP contribution in [0.15, 0.2) is 23.9 Å². The van der Waals surface area contributed by atoms with E-state index < -0.39 is 0 Å². The Balaban J connectivity index is 2.55. The molecule has 0 radical (unpaired) electrons. The molecule has 0 saturated heterocycles. The topological polar surface area (TPSA) is 46.3 Å². The number of carbonyl (C=O) groups is 1. The molecule has 0 aromatic rings. The van der Waals surface area contributed by atoms with Gasteiger partial charge in [0.2, 0.25) is 5.91 Å². The summed E-state index contributed by atoms with van der Waals surface area (Å²) in [5, 5.41) is 0. The van der Waals surface area contributed by atoms with Crippen LogP contribution in [0.25, 0.3) is 0 Å². The van der Waals surface area contributed by atoms with Gasteiger partial charge in [0.15, 0.2) is 0 Å². The molecule has 0 atom stereocenters. The summed E-state index contributed by atoms with van der Waals surface area (Å²) in [4.78, 5) is 12.9. The minimum atomic E-state index is -0.319. The zero-order valence-corrected chi connectivity index (χ0v) is 7.29. The summed E-state index contributed by atoms with van der Waals surface area (Å²) in [6, 6.07) is 0. The first kappa shape index (κ1) is 8.84. The van der Waals surface area contributed by atoms with E-state index in [1.807, 2.05) is 12.3 Å². The van der Waals surface area contributed by atoms with Gasteiger partial charge in [0.05, 0.1) is 0 Å². The van der Waals surface area contributed by atoms with Gasteiger partial charge in [-0.2, -0.15) is 0 Å². The Morgan fingerprint density at radius 1 is 1.75 bits per heavy atom. The second-order valence-electron chi connectivity index (χ2n) is 2.87. The molecular formula is C9H14N2O. The van der Waals surface area contributed by atoms with Gasteiger partial charge in [-0.1, -0.05) is 13.0 Å². The van der Waals surface area contributed by atoms with Crippen LogP contribution in [-0.4, -0.2) is 23.9 Å². The standard InChI is InChI=1S/C9H14N2O/c1-2-5-11-6-3-4-8(7-11)9(10)12/h3-4,6H,2,5,7H2,1H3,(H2,10,12). The Labute approximate surface area is 72.5 Å². The Hall–Kier alpha value is -1.25. The van der Waals surface area contributed by atoms with Crippen molar-refractivity contribution in [3.63, 3.8) is 0 Å². The van der Waals surface area contributed by atoms with Crippen LogP contribution in [0, 0.1) is 0 Å². The van der Waals surface area contributed by atoms with Gasteiger partial charge in [0.1, 0.15) is 0 Å². The molecule has 1 aliphatic heterocycles. The molecular weight excluding hydrogens is 152 g/mol. The predicted octanol–water partition coefficient (Wildman–Crippen LogP) is 0.637. The maximum Gasteiger partial charge on any atom is 0.246 e. The highest BCUT2D eigenvalue weighted by Gasteiger charge is 2.10. The maximum absolute atomic E-state index is 10.8. The Morgan fingerprint density at radius 3 is 3.08 bits per heavy atom. The molecule has 0 aromatic carbocycles. The molecule has 1 rings (SSSR count). The Bertz CT molecular complexity index is 231. The van der Waals surface area contributed by atoms with E-state index in [9.17, 15) is 4.79 Å². The molecule has 3 heteroatoms. The number of amides is 1. The lowest BCUT2D eigenvalue weighted by Gasteiger charge is -2.22. The van der Waals surface area contributed by atoms with Gasteiger partial charge in [-0.05, 0) is 18.7 Å². The third-order valence-electron chi connectivity index (χ3n) is 1.80. The van der Waals surface area contributed by atoms with Gasteiger partial charge in [-0.15, -0.1) is 0 Å². The third kappa shape index (κ3) is 2.12. The predicted molar refractivity (Wildman–Crippen MR) is 48.3 cm³/mol. The SMILES string of the molecule is CCCN1C=CC=C(C(N)=O)C1. The van der Waals surface area contributed by atoms with Crippen LogP contribution >= 0.6 is 0 Å². The quantitative estimate of drug-likeness (QED) is 0.668. The molecule has 0 fully saturated rings. The summed E-state index contributed by atoms with van der Waals surface area (Å²) in [6.07, 6.45) is 6.69. The number of primary amides is 1. The summed E-state index contributed by atoms with van der Waals surface area (Å²) < 4.78 is 0. The molecule has 0 aromatic heterocycles. The van der Waals surface area contributed by atoms with E-state index in [2.05, 4.69) is 11.8 Å². The van der Waals surface area contributed by atoms with E-state index in [0.29, 0.717) is 12.1 Å². The molecule has 1 heterocycles. The van der Waals surface area contributed by atoms with Crippen molar-refractivity contribution in [3.8, 4) is 0 Å². The van der Waals surface area contributed by atoms with Crippen molar-refractivity contribution in [2.24, 2.45) is 5.73 Å². The van der Waals surface area contributed by atoms with E-state index in [1.54, 1.807) is 6.08 Å². The first-order valence-corrected chi connectivity index (χ1v) is 4.15. The zero-order chi connectivity index (χ0) is 8.97. The normalized spacial score (nSPS) is 16.1. The van der Waals surface area contributed by atoms with Gasteiger partial charge in [-0.25, -0.2) is 0 Å². The minimum absolute atomic E-state index is 0.319. The summed E-state index contributed by atoms with van der Waals surface area (Å²) in [6.45, 7) is 3.73. The van der Waals surface area contributed by atoms with E-state index in [4.69, 9.17) is 5.73 Å². The number of hydrogen-bond acceptors (Lipinski definition) is 2. The third-order valence-corrected chi connectivity index (χ3v) is 1.80. The fourth-order valence-electron chi connectivity index (χ4n) is 1.21. The monoisotopic (exact) mass is 166 g/mol. The summed E-state index contributed by atoms with van der Waals surface area (Å²) in [5.41, 5.74) is 5.84. The van der Waals surface area contributed by atoms with Crippen molar-refractivity contribution < 1.29 is 4.79 Å². The van der Waals surface area contributed by atoms with Gasteiger partial charge >= 0.3 is 0 Å². The van der Waals surface area contributed by atoms with E-state index >= 15 is 0 Å². The largest absolute Gasteiger partial charge is 0.373 e. The number of rotatable bonds is 3. The summed E-state index contributed by atoms with van der Waals surface area (Å²) in [5.74, 6) is -0.319. The van der Waals surface area contributed by atoms with Crippen molar-refractivity contribution >= 4 is 5.91 Å². The molecule has 0 saturated carbocycles. The van der Waals surface area contributed by atoms with Gasteiger partial charge < -0.3 is 10.6 Å². The second-order valence-corrected chi connectivity index (χ2v) is 2.87. The molecule has 2 N–H and O–H groups in total. The van der Waals surface area contributed by atoms with Crippen molar-refractivity contribution in [1.29, 1.82) is 0 Å². The van der Waals surface area contributed by atoms with Crippen molar-refractivity contribution in [3.05, 3.63) is 23.9 Å². The van der Waals surface area contributed by atoms with Crippen LogP contribution in [0.1, 0.15) is 13.3 Å². The smallest absolute Gasteiger partial charge is 0.246 e. The van der Waals surface area contributed by atoms with Crippen LogP contribution in [0.2, 0.25) is 0 Å². The van der Waals surface area contributed by atoms with Crippen LogP contribution in [-0.2, 0) is 4.79 Å². The second kappa shape index (κ2) is 3.95. The van der Waals surface area contributed by atoms with E-state index in [-0.39, 0.29) is 5.91 Å². The number of hydrogen-bond donors (Lipinski definition) is 1. The lowest BCUT2D eigenvalue weighted by Crippen LogP contribution is -2.28. The van der Waals surface area contributed by atoms with Crippen molar-refractivity contribution in [1.82, 2.24) is 4.90 Å². The maximum atomic E-state index is 10.8. The van der Waals surface area contributed by atoms with Crippen molar-refractivity contribution in [2.75, 3.05) is 13.1 Å². The number of nitrogens with zero attached hydrogens (tertiary/aromatic N) is 1. The highest BCUT2D eigenvalue weighted by atomic mass is 16.1. The minimum Gasteiger partial charge on any atom is -0.373 e. The van der Waals surface area contributed by atoms with Gasteiger partial charge in [-0.3, -0.25) is 4.79 Å². The van der Waals surface area contributed by atoms with Crippen LogP contribution in [0.5, 0.6) is 0 Å². The number of nitrogens with two attached hydrogens (primary N) is 1. The molecule has 0 unspecified atom stereocenters. The summed E-state index contributed by atoms with van der Waals surface area (Å²) in [7, 11) is 0. The number of allylic oxidation sites excluding steroid dienone is 2. The average Bonchev–Trinajstić information content (AvgIpc) is 2.05. The Morgan fingerprint density at radius 2 is 2.50 bits per heavy atom. The molecule has 0 aliphatic carbocycles. The van der Waals surface area contributed by atoms with E-state index in [0.717, 1.165) is 13.0 Å². The lowest BCUT2D eigenvalue weighted by molar-refractivity contribution is -0.114. The fourth-order valence-corrected chi connectivity index (χ4v) is 1.21. The number of carbonyl (C=O) groups excluding carboxylic acids is 1. The molecule has 12 heavy (non-hydrogen) atoms. The fraction of sp³-hybridized carbons (Fsp3) is 0.444.